The van der Waals surface area contributed by atoms with Gasteiger partial charge in [0.15, 0.2) is 0 Å². The zero-order valence-electron chi connectivity index (χ0n) is 13.7. The van der Waals surface area contributed by atoms with Gasteiger partial charge in [-0.25, -0.2) is 4.39 Å². The maximum absolute atomic E-state index is 13.0. The number of nitrogens with zero attached hydrogens (tertiary/aromatic N) is 2. The molecule has 4 nitrogen and oxygen atoms in total. The number of anilines is 1. The van der Waals surface area contributed by atoms with Crippen LogP contribution >= 0.6 is 0 Å². The maximum atomic E-state index is 13.0. The summed E-state index contributed by atoms with van der Waals surface area (Å²) in [4.78, 5) is 16.8. The normalized spacial score (nSPS) is 25.6. The Morgan fingerprint density at radius 2 is 1.83 bits per heavy atom. The SMILES string of the molecule is CN(C(=O)[C@@H]1CCC[C@@H]1N)C1CCN(c2ccc(F)cc2)CC1. The molecule has 0 radical (unpaired) electrons. The summed E-state index contributed by atoms with van der Waals surface area (Å²) in [5, 5.41) is 0. The van der Waals surface area contributed by atoms with E-state index in [-0.39, 0.29) is 29.7 Å². The van der Waals surface area contributed by atoms with E-state index in [1.54, 1.807) is 0 Å². The summed E-state index contributed by atoms with van der Waals surface area (Å²) >= 11 is 0. The third-order valence-electron chi connectivity index (χ3n) is 5.44. The van der Waals surface area contributed by atoms with E-state index in [0.29, 0.717) is 0 Å². The lowest BCUT2D eigenvalue weighted by Crippen LogP contribution is -2.49. The molecule has 0 spiro atoms. The highest BCUT2D eigenvalue weighted by Crippen LogP contribution is 2.28. The molecule has 1 heterocycles. The molecular weight excluding hydrogens is 293 g/mol. The van der Waals surface area contributed by atoms with Crippen molar-refractivity contribution < 1.29 is 9.18 Å². The van der Waals surface area contributed by atoms with Gasteiger partial charge in [0.25, 0.3) is 0 Å². The van der Waals surface area contributed by atoms with Crippen LogP contribution in [-0.2, 0) is 4.79 Å². The van der Waals surface area contributed by atoms with E-state index in [0.717, 1.165) is 50.9 Å². The number of halogens is 1. The van der Waals surface area contributed by atoms with Crippen LogP contribution in [0.3, 0.4) is 0 Å². The lowest BCUT2D eigenvalue weighted by molar-refractivity contribution is -0.136. The molecule has 5 heteroatoms. The minimum absolute atomic E-state index is 0.00938. The topological polar surface area (TPSA) is 49.6 Å². The van der Waals surface area contributed by atoms with E-state index in [2.05, 4.69) is 4.90 Å². The molecule has 0 unspecified atom stereocenters. The summed E-state index contributed by atoms with van der Waals surface area (Å²) in [6.07, 6.45) is 4.85. The van der Waals surface area contributed by atoms with Gasteiger partial charge in [-0.15, -0.1) is 0 Å². The Morgan fingerprint density at radius 1 is 1.17 bits per heavy atom. The Kier molecular flexibility index (Phi) is 4.85. The molecule has 1 aromatic carbocycles. The first-order valence-corrected chi connectivity index (χ1v) is 8.59. The molecule has 1 aromatic rings. The van der Waals surface area contributed by atoms with Gasteiger partial charge < -0.3 is 15.5 Å². The number of nitrogens with two attached hydrogens (primary N) is 1. The van der Waals surface area contributed by atoms with E-state index in [9.17, 15) is 9.18 Å². The zero-order chi connectivity index (χ0) is 16.4. The molecule has 23 heavy (non-hydrogen) atoms. The van der Waals surface area contributed by atoms with Gasteiger partial charge in [0, 0.05) is 37.9 Å². The molecule has 1 saturated heterocycles. The molecule has 2 fully saturated rings. The molecule has 2 N–H and O–H groups in total. The Hall–Kier alpha value is -1.62. The summed E-state index contributed by atoms with van der Waals surface area (Å²) in [6, 6.07) is 6.96. The lowest BCUT2D eigenvalue weighted by Gasteiger charge is -2.39. The lowest BCUT2D eigenvalue weighted by atomic mass is 9.98. The number of hydrogen-bond acceptors (Lipinski definition) is 3. The summed E-state index contributed by atoms with van der Waals surface area (Å²) in [7, 11) is 1.92. The van der Waals surface area contributed by atoms with Crippen LogP contribution in [0.15, 0.2) is 24.3 Å². The highest BCUT2D eigenvalue weighted by molar-refractivity contribution is 5.80. The maximum Gasteiger partial charge on any atom is 0.227 e. The number of piperidine rings is 1. The van der Waals surface area contributed by atoms with Gasteiger partial charge in [0.2, 0.25) is 5.91 Å². The molecule has 1 amide bonds. The molecule has 0 aromatic heterocycles. The minimum Gasteiger partial charge on any atom is -0.371 e. The first-order chi connectivity index (χ1) is 11.1. The standard InChI is InChI=1S/C18H26FN3O/c1-21(18(23)16-3-2-4-17(16)20)14-9-11-22(12-10-14)15-7-5-13(19)6-8-15/h5-8,14,16-17H,2-4,9-12,20H2,1H3/t16-,17+/m1/s1. The predicted octanol–water partition coefficient (Wildman–Crippen LogP) is 2.38. The smallest absolute Gasteiger partial charge is 0.227 e. The fourth-order valence-corrected chi connectivity index (χ4v) is 3.90. The third kappa shape index (κ3) is 3.50. The number of benzene rings is 1. The van der Waals surface area contributed by atoms with E-state index >= 15 is 0 Å². The van der Waals surface area contributed by atoms with Crippen LogP contribution in [0.1, 0.15) is 32.1 Å². The second-order valence-corrected chi connectivity index (χ2v) is 6.85. The number of amides is 1. The van der Waals surface area contributed by atoms with Crippen LogP contribution in [0.4, 0.5) is 10.1 Å². The van der Waals surface area contributed by atoms with Crippen molar-refractivity contribution >= 4 is 11.6 Å². The third-order valence-corrected chi connectivity index (χ3v) is 5.44. The van der Waals surface area contributed by atoms with Crippen LogP contribution in [0.5, 0.6) is 0 Å². The Labute approximate surface area is 137 Å². The molecule has 2 atom stereocenters. The van der Waals surface area contributed by atoms with Gasteiger partial charge in [-0.3, -0.25) is 4.79 Å². The number of carbonyl (C=O) groups is 1. The zero-order valence-corrected chi connectivity index (χ0v) is 13.7. The Morgan fingerprint density at radius 3 is 2.39 bits per heavy atom. The molecule has 1 saturated carbocycles. The van der Waals surface area contributed by atoms with Gasteiger partial charge >= 0.3 is 0 Å². The van der Waals surface area contributed by atoms with Gasteiger partial charge in [-0.05, 0) is 49.9 Å². The van der Waals surface area contributed by atoms with E-state index in [1.165, 1.54) is 12.1 Å². The van der Waals surface area contributed by atoms with Crippen LogP contribution in [0.25, 0.3) is 0 Å². The van der Waals surface area contributed by atoms with Gasteiger partial charge in [0.1, 0.15) is 5.82 Å². The summed E-state index contributed by atoms with van der Waals surface area (Å²) in [5.41, 5.74) is 7.12. The molecule has 2 aliphatic rings. The number of rotatable bonds is 3. The van der Waals surface area contributed by atoms with E-state index in [4.69, 9.17) is 5.73 Å². The Bertz CT molecular complexity index is 540. The minimum atomic E-state index is -0.207. The van der Waals surface area contributed by atoms with Crippen LogP contribution < -0.4 is 10.6 Å². The van der Waals surface area contributed by atoms with Crippen molar-refractivity contribution in [2.75, 3.05) is 25.0 Å². The van der Waals surface area contributed by atoms with Crippen molar-refractivity contribution in [3.05, 3.63) is 30.1 Å². The number of hydrogen-bond donors (Lipinski definition) is 1. The summed E-state index contributed by atoms with van der Waals surface area (Å²) in [5.74, 6) is 0.0206. The van der Waals surface area contributed by atoms with Crippen molar-refractivity contribution in [3.8, 4) is 0 Å². The largest absolute Gasteiger partial charge is 0.371 e. The average molecular weight is 319 g/mol. The molecule has 1 aliphatic carbocycles. The van der Waals surface area contributed by atoms with Gasteiger partial charge in [-0.1, -0.05) is 6.42 Å². The van der Waals surface area contributed by atoms with Crippen LogP contribution in [0, 0.1) is 11.7 Å². The molecular formula is C18H26FN3O. The fourth-order valence-electron chi connectivity index (χ4n) is 3.90. The quantitative estimate of drug-likeness (QED) is 0.930. The Balaban J connectivity index is 1.55. The predicted molar refractivity (Wildman–Crippen MR) is 89.7 cm³/mol. The van der Waals surface area contributed by atoms with E-state index < -0.39 is 0 Å². The van der Waals surface area contributed by atoms with Gasteiger partial charge in [-0.2, -0.15) is 0 Å². The monoisotopic (exact) mass is 319 g/mol. The summed E-state index contributed by atoms with van der Waals surface area (Å²) < 4.78 is 13.0. The summed E-state index contributed by atoms with van der Waals surface area (Å²) in [6.45, 7) is 1.79. The van der Waals surface area contributed by atoms with E-state index in [1.807, 2.05) is 24.1 Å². The second-order valence-electron chi connectivity index (χ2n) is 6.85. The molecule has 0 bridgehead atoms. The van der Waals surface area contributed by atoms with Gasteiger partial charge in [0.05, 0.1) is 5.92 Å². The molecule has 126 valence electrons. The van der Waals surface area contributed by atoms with Crippen molar-refractivity contribution in [1.29, 1.82) is 0 Å². The average Bonchev–Trinajstić information content (AvgIpc) is 3.00. The van der Waals surface area contributed by atoms with Crippen LogP contribution in [0.2, 0.25) is 0 Å². The first-order valence-electron chi connectivity index (χ1n) is 8.59. The number of carbonyl (C=O) groups excluding carboxylic acids is 1. The second kappa shape index (κ2) is 6.87. The van der Waals surface area contributed by atoms with Crippen molar-refractivity contribution in [2.45, 2.75) is 44.2 Å². The highest BCUT2D eigenvalue weighted by Gasteiger charge is 2.35. The fraction of sp³-hybridized carbons (Fsp3) is 0.611. The van der Waals surface area contributed by atoms with Crippen molar-refractivity contribution in [3.63, 3.8) is 0 Å². The van der Waals surface area contributed by atoms with Crippen molar-refractivity contribution in [1.82, 2.24) is 4.90 Å². The molecule has 1 aliphatic heterocycles. The van der Waals surface area contributed by atoms with Crippen LogP contribution in [-0.4, -0.2) is 43.0 Å². The first kappa shape index (κ1) is 16.2. The highest BCUT2D eigenvalue weighted by atomic mass is 19.1. The van der Waals surface area contributed by atoms with Crippen molar-refractivity contribution in [2.24, 2.45) is 11.7 Å². The molecule has 3 rings (SSSR count).